The lowest BCUT2D eigenvalue weighted by Gasteiger charge is -2.02. The number of rotatable bonds is 4. The lowest BCUT2D eigenvalue weighted by molar-refractivity contribution is 0.0665. The molecule has 106 valence electrons. The molecule has 3 rings (SSSR count). The Hall–Kier alpha value is -2.27. The van der Waals surface area contributed by atoms with Crippen LogP contribution in [0.3, 0.4) is 0 Å². The molecule has 1 N–H and O–H groups in total. The van der Waals surface area contributed by atoms with Crippen LogP contribution in [0.15, 0.2) is 57.8 Å². The molecule has 3 nitrogen and oxygen atoms in total. The SMILES string of the molecule is O=C(O)c1cc2cc(CSc3cccc(F)c3)ccc2o1. The summed E-state index contributed by atoms with van der Waals surface area (Å²) >= 11 is 1.52. The Morgan fingerprint density at radius 1 is 1.19 bits per heavy atom. The summed E-state index contributed by atoms with van der Waals surface area (Å²) in [5, 5.41) is 9.65. The smallest absolute Gasteiger partial charge is 0.371 e. The Balaban J connectivity index is 1.79. The van der Waals surface area contributed by atoms with Crippen LogP contribution >= 0.6 is 11.8 Å². The van der Waals surface area contributed by atoms with Gasteiger partial charge in [-0.15, -0.1) is 11.8 Å². The molecule has 0 saturated heterocycles. The molecule has 0 unspecified atom stereocenters. The maximum absolute atomic E-state index is 13.1. The van der Waals surface area contributed by atoms with Crippen LogP contribution < -0.4 is 0 Å². The Morgan fingerprint density at radius 3 is 2.81 bits per heavy atom. The summed E-state index contributed by atoms with van der Waals surface area (Å²) in [5.41, 5.74) is 1.57. The molecule has 0 saturated carbocycles. The van der Waals surface area contributed by atoms with Crippen molar-refractivity contribution >= 4 is 28.7 Å². The van der Waals surface area contributed by atoms with E-state index >= 15 is 0 Å². The first-order valence-corrected chi connectivity index (χ1v) is 7.24. The molecule has 0 aliphatic rings. The molecule has 0 aliphatic carbocycles. The maximum Gasteiger partial charge on any atom is 0.371 e. The third-order valence-corrected chi connectivity index (χ3v) is 4.06. The van der Waals surface area contributed by atoms with Crippen LogP contribution in [0, 0.1) is 5.82 Å². The maximum atomic E-state index is 13.1. The quantitative estimate of drug-likeness (QED) is 0.718. The number of furan rings is 1. The average Bonchev–Trinajstić information content (AvgIpc) is 2.88. The third-order valence-electron chi connectivity index (χ3n) is 2.99. The summed E-state index contributed by atoms with van der Waals surface area (Å²) in [6, 6.07) is 13.5. The van der Waals surface area contributed by atoms with Crippen LogP contribution in [0.1, 0.15) is 16.1 Å². The van der Waals surface area contributed by atoms with Crippen LogP contribution in [-0.2, 0) is 5.75 Å². The lowest BCUT2D eigenvalue weighted by Crippen LogP contribution is -1.91. The van der Waals surface area contributed by atoms with Crippen molar-refractivity contribution in [1.82, 2.24) is 0 Å². The number of hydrogen-bond donors (Lipinski definition) is 1. The molecule has 1 heterocycles. The highest BCUT2D eigenvalue weighted by Crippen LogP contribution is 2.26. The van der Waals surface area contributed by atoms with Crippen molar-refractivity contribution in [1.29, 1.82) is 0 Å². The second-order valence-corrected chi connectivity index (χ2v) is 5.58. The van der Waals surface area contributed by atoms with Gasteiger partial charge in [0.25, 0.3) is 0 Å². The van der Waals surface area contributed by atoms with Gasteiger partial charge >= 0.3 is 5.97 Å². The summed E-state index contributed by atoms with van der Waals surface area (Å²) in [6.45, 7) is 0. The van der Waals surface area contributed by atoms with Gasteiger partial charge < -0.3 is 9.52 Å². The molecule has 0 spiro atoms. The molecule has 3 aromatic rings. The molecule has 0 amide bonds. The molecule has 0 atom stereocenters. The van der Waals surface area contributed by atoms with Crippen molar-refractivity contribution in [2.75, 3.05) is 0 Å². The van der Waals surface area contributed by atoms with Crippen LogP contribution in [0.4, 0.5) is 4.39 Å². The molecule has 5 heteroatoms. The molecule has 0 aliphatic heterocycles. The van der Waals surface area contributed by atoms with E-state index in [4.69, 9.17) is 9.52 Å². The van der Waals surface area contributed by atoms with E-state index in [0.29, 0.717) is 11.3 Å². The van der Waals surface area contributed by atoms with Crippen LogP contribution in [0.5, 0.6) is 0 Å². The molecule has 0 radical (unpaired) electrons. The largest absolute Gasteiger partial charge is 0.475 e. The summed E-state index contributed by atoms with van der Waals surface area (Å²) in [5.74, 6) is -0.731. The van der Waals surface area contributed by atoms with Crippen molar-refractivity contribution in [2.24, 2.45) is 0 Å². The van der Waals surface area contributed by atoms with Crippen molar-refractivity contribution in [3.05, 3.63) is 65.7 Å². The van der Waals surface area contributed by atoms with Crippen molar-refractivity contribution < 1.29 is 18.7 Å². The van der Waals surface area contributed by atoms with E-state index in [2.05, 4.69) is 0 Å². The fraction of sp³-hybridized carbons (Fsp3) is 0.0625. The van der Waals surface area contributed by atoms with Gasteiger partial charge in [-0.2, -0.15) is 0 Å². The second-order valence-electron chi connectivity index (χ2n) is 4.53. The topological polar surface area (TPSA) is 50.4 Å². The standard InChI is InChI=1S/C16H11FO3S/c17-12-2-1-3-13(8-12)21-9-10-4-5-14-11(6-10)7-15(20-14)16(18)19/h1-8H,9H2,(H,18,19). The number of carboxylic acid groups (broad SMARTS) is 1. The Labute approximate surface area is 124 Å². The first kappa shape index (κ1) is 13.7. The minimum Gasteiger partial charge on any atom is -0.475 e. The van der Waals surface area contributed by atoms with Crippen LogP contribution in [0.2, 0.25) is 0 Å². The third kappa shape index (κ3) is 3.08. The Bertz CT molecular complexity index is 810. The van der Waals surface area contributed by atoms with Gasteiger partial charge in [-0.05, 0) is 42.0 Å². The fourth-order valence-electron chi connectivity index (χ4n) is 2.01. The number of carbonyl (C=O) groups is 1. The number of carboxylic acids is 1. The fourth-order valence-corrected chi connectivity index (χ4v) is 2.90. The van der Waals surface area contributed by atoms with Gasteiger partial charge in [-0.1, -0.05) is 12.1 Å². The van der Waals surface area contributed by atoms with Crippen molar-refractivity contribution in [3.8, 4) is 0 Å². The van der Waals surface area contributed by atoms with Gasteiger partial charge in [0, 0.05) is 16.0 Å². The van der Waals surface area contributed by atoms with E-state index in [1.165, 1.54) is 30.0 Å². The predicted molar refractivity (Wildman–Crippen MR) is 79.1 cm³/mol. The highest BCUT2D eigenvalue weighted by atomic mass is 32.2. The minimum absolute atomic E-state index is 0.0695. The highest BCUT2D eigenvalue weighted by Gasteiger charge is 2.10. The first-order valence-electron chi connectivity index (χ1n) is 6.26. The highest BCUT2D eigenvalue weighted by molar-refractivity contribution is 7.98. The van der Waals surface area contributed by atoms with Crippen molar-refractivity contribution in [2.45, 2.75) is 10.6 Å². The molecular weight excluding hydrogens is 291 g/mol. The van der Waals surface area contributed by atoms with Gasteiger partial charge in [0.2, 0.25) is 5.76 Å². The molecule has 21 heavy (non-hydrogen) atoms. The van der Waals surface area contributed by atoms with E-state index in [1.807, 2.05) is 18.2 Å². The number of halogens is 1. The number of fused-ring (bicyclic) bond motifs is 1. The predicted octanol–water partition coefficient (Wildman–Crippen LogP) is 4.56. The lowest BCUT2D eigenvalue weighted by atomic mass is 10.2. The number of hydrogen-bond acceptors (Lipinski definition) is 3. The van der Waals surface area contributed by atoms with E-state index in [0.717, 1.165) is 15.8 Å². The Kier molecular flexibility index (Phi) is 3.66. The van der Waals surface area contributed by atoms with E-state index in [9.17, 15) is 9.18 Å². The van der Waals surface area contributed by atoms with Gasteiger partial charge in [0.1, 0.15) is 11.4 Å². The molecule has 0 fully saturated rings. The van der Waals surface area contributed by atoms with E-state index in [-0.39, 0.29) is 11.6 Å². The van der Waals surface area contributed by atoms with Gasteiger partial charge in [0.15, 0.2) is 0 Å². The van der Waals surface area contributed by atoms with Crippen LogP contribution in [0.25, 0.3) is 11.0 Å². The van der Waals surface area contributed by atoms with E-state index in [1.54, 1.807) is 12.1 Å². The molecule has 2 aromatic carbocycles. The monoisotopic (exact) mass is 302 g/mol. The Morgan fingerprint density at radius 2 is 2.05 bits per heavy atom. The zero-order chi connectivity index (χ0) is 14.8. The zero-order valence-corrected chi connectivity index (χ0v) is 11.7. The summed E-state index contributed by atoms with van der Waals surface area (Å²) in [7, 11) is 0. The number of benzene rings is 2. The van der Waals surface area contributed by atoms with Crippen molar-refractivity contribution in [3.63, 3.8) is 0 Å². The van der Waals surface area contributed by atoms with Gasteiger partial charge in [-0.25, -0.2) is 9.18 Å². The summed E-state index contributed by atoms with van der Waals surface area (Å²) < 4.78 is 18.3. The number of thioether (sulfide) groups is 1. The normalized spacial score (nSPS) is 10.9. The first-order chi connectivity index (χ1) is 10.1. The molecule has 0 bridgehead atoms. The zero-order valence-electron chi connectivity index (χ0n) is 10.9. The molecular formula is C16H11FO3S. The number of aromatic carboxylic acids is 1. The average molecular weight is 302 g/mol. The second kappa shape index (κ2) is 5.61. The minimum atomic E-state index is -1.08. The molecule has 1 aromatic heterocycles. The summed E-state index contributed by atoms with van der Waals surface area (Å²) in [4.78, 5) is 11.7. The van der Waals surface area contributed by atoms with Gasteiger partial charge in [-0.3, -0.25) is 0 Å². The van der Waals surface area contributed by atoms with Crippen LogP contribution in [-0.4, -0.2) is 11.1 Å². The van der Waals surface area contributed by atoms with E-state index < -0.39 is 5.97 Å². The van der Waals surface area contributed by atoms with Gasteiger partial charge in [0.05, 0.1) is 0 Å². The summed E-state index contributed by atoms with van der Waals surface area (Å²) in [6.07, 6.45) is 0.